The minimum absolute atomic E-state index is 0.227. The van der Waals surface area contributed by atoms with Crippen LogP contribution in [0, 0.1) is 0 Å². The first-order chi connectivity index (χ1) is 12.7. The van der Waals surface area contributed by atoms with Crippen molar-refractivity contribution >= 4 is 23.2 Å². The Morgan fingerprint density at radius 2 is 1.96 bits per heavy atom. The molecule has 1 atom stereocenters. The minimum atomic E-state index is -0.282. The van der Waals surface area contributed by atoms with E-state index in [1.54, 1.807) is 22.8 Å². The summed E-state index contributed by atoms with van der Waals surface area (Å²) in [4.78, 5) is 17.5. The van der Waals surface area contributed by atoms with Crippen LogP contribution in [0.3, 0.4) is 0 Å². The summed E-state index contributed by atoms with van der Waals surface area (Å²) < 4.78 is 7.67. The van der Waals surface area contributed by atoms with E-state index in [0.29, 0.717) is 17.1 Å². The van der Waals surface area contributed by atoms with Crippen LogP contribution in [-0.4, -0.2) is 26.7 Å². The number of carbonyl (C=O) groups excluding carboxylic acids is 1. The highest BCUT2D eigenvalue weighted by molar-refractivity contribution is 6.30. The highest BCUT2D eigenvalue weighted by Crippen LogP contribution is 2.52. The van der Waals surface area contributed by atoms with E-state index in [-0.39, 0.29) is 17.5 Å². The number of hydrogen-bond donors (Lipinski definition) is 0. The van der Waals surface area contributed by atoms with Crippen LogP contribution >= 0.6 is 11.6 Å². The van der Waals surface area contributed by atoms with Crippen molar-refractivity contribution in [1.29, 1.82) is 0 Å². The summed E-state index contributed by atoms with van der Waals surface area (Å²) in [6.45, 7) is 0. The van der Waals surface area contributed by atoms with Gasteiger partial charge in [-0.3, -0.25) is 0 Å². The molecule has 0 amide bonds. The van der Waals surface area contributed by atoms with Gasteiger partial charge in [0.1, 0.15) is 11.3 Å². The standard InChI is InChI=1S/C20H18ClN3O2/c21-18-14-12-15(26-19(25)13-6-2-1-3-7-13)20(9-4-5-10-20)17(14)23-16-8-11-22-24(16)18/h1-3,6-8,11,15H,4-5,9-10,12H2. The van der Waals surface area contributed by atoms with Gasteiger partial charge in [0.05, 0.1) is 22.9 Å². The Kier molecular flexibility index (Phi) is 3.54. The van der Waals surface area contributed by atoms with Crippen LogP contribution in [0.4, 0.5) is 0 Å². The van der Waals surface area contributed by atoms with Crippen LogP contribution in [0.5, 0.6) is 0 Å². The molecule has 5 nitrogen and oxygen atoms in total. The lowest BCUT2D eigenvalue weighted by Crippen LogP contribution is -2.37. The van der Waals surface area contributed by atoms with Crippen LogP contribution in [0.15, 0.2) is 42.6 Å². The molecule has 1 unspecified atom stereocenters. The molecule has 0 aliphatic heterocycles. The largest absolute Gasteiger partial charge is 0.457 e. The number of esters is 1. The molecule has 0 bridgehead atoms. The van der Waals surface area contributed by atoms with Gasteiger partial charge in [0.25, 0.3) is 0 Å². The van der Waals surface area contributed by atoms with Gasteiger partial charge in [0.15, 0.2) is 5.65 Å². The maximum absolute atomic E-state index is 12.7. The van der Waals surface area contributed by atoms with E-state index in [2.05, 4.69) is 5.10 Å². The summed E-state index contributed by atoms with van der Waals surface area (Å²) in [5.74, 6) is -0.282. The van der Waals surface area contributed by atoms with Crippen LogP contribution in [0.2, 0.25) is 5.15 Å². The second-order valence-electron chi connectivity index (χ2n) is 7.16. The fourth-order valence-electron chi connectivity index (χ4n) is 4.56. The van der Waals surface area contributed by atoms with Gasteiger partial charge >= 0.3 is 5.97 Å². The molecule has 132 valence electrons. The molecule has 3 aromatic rings. The fraction of sp³-hybridized carbons (Fsp3) is 0.350. The first-order valence-corrected chi connectivity index (χ1v) is 9.35. The van der Waals surface area contributed by atoms with Gasteiger partial charge in [-0.1, -0.05) is 42.6 Å². The van der Waals surface area contributed by atoms with Crippen molar-refractivity contribution in [1.82, 2.24) is 14.6 Å². The molecule has 26 heavy (non-hydrogen) atoms. The van der Waals surface area contributed by atoms with Crippen molar-refractivity contribution in [2.45, 2.75) is 43.6 Å². The number of ether oxygens (including phenoxy) is 1. The summed E-state index contributed by atoms with van der Waals surface area (Å²) in [5.41, 5.74) is 3.06. The molecule has 0 N–H and O–H groups in total. The molecule has 0 radical (unpaired) electrons. The lowest BCUT2D eigenvalue weighted by molar-refractivity contribution is 0.0108. The zero-order chi connectivity index (χ0) is 17.7. The molecule has 1 fully saturated rings. The van der Waals surface area contributed by atoms with Gasteiger partial charge in [-0.05, 0) is 25.0 Å². The van der Waals surface area contributed by atoms with Crippen molar-refractivity contribution in [2.75, 3.05) is 0 Å². The van der Waals surface area contributed by atoms with Crippen LogP contribution in [0.25, 0.3) is 5.65 Å². The summed E-state index contributed by atoms with van der Waals surface area (Å²) >= 11 is 6.63. The lowest BCUT2D eigenvalue weighted by atomic mass is 9.81. The van der Waals surface area contributed by atoms with E-state index in [1.165, 1.54) is 0 Å². The second kappa shape index (κ2) is 5.81. The molecular weight excluding hydrogens is 350 g/mol. The molecule has 2 aromatic heterocycles. The number of carbonyl (C=O) groups is 1. The van der Waals surface area contributed by atoms with E-state index < -0.39 is 0 Å². The summed E-state index contributed by atoms with van der Waals surface area (Å²) in [7, 11) is 0. The third-order valence-electron chi connectivity index (χ3n) is 5.80. The van der Waals surface area contributed by atoms with Gasteiger partial charge in [-0.15, -0.1) is 0 Å². The number of halogens is 1. The van der Waals surface area contributed by atoms with Crippen molar-refractivity contribution in [3.8, 4) is 0 Å². The number of nitrogens with zero attached hydrogens (tertiary/aromatic N) is 3. The molecule has 2 heterocycles. The van der Waals surface area contributed by atoms with Gasteiger partial charge in [0.2, 0.25) is 0 Å². The minimum Gasteiger partial charge on any atom is -0.457 e. The molecular formula is C20H18ClN3O2. The van der Waals surface area contributed by atoms with Gasteiger partial charge in [-0.25, -0.2) is 14.3 Å². The van der Waals surface area contributed by atoms with Gasteiger partial charge in [-0.2, -0.15) is 5.10 Å². The SMILES string of the molecule is O=C(OC1Cc2c(nc3ccnn3c2Cl)C12CCCC2)c1ccccc1. The molecule has 0 saturated heterocycles. The van der Waals surface area contributed by atoms with Crippen molar-refractivity contribution in [3.63, 3.8) is 0 Å². The third-order valence-corrected chi connectivity index (χ3v) is 6.19. The van der Waals surface area contributed by atoms with Crippen molar-refractivity contribution in [3.05, 3.63) is 64.6 Å². The first kappa shape index (κ1) is 15.8. The lowest BCUT2D eigenvalue weighted by Gasteiger charge is -2.30. The highest BCUT2D eigenvalue weighted by Gasteiger charge is 2.53. The molecule has 1 spiro atoms. The predicted molar refractivity (Wildman–Crippen MR) is 97.5 cm³/mol. The average molecular weight is 368 g/mol. The van der Waals surface area contributed by atoms with E-state index in [0.717, 1.165) is 42.6 Å². The van der Waals surface area contributed by atoms with Crippen LogP contribution < -0.4 is 0 Å². The smallest absolute Gasteiger partial charge is 0.338 e. The number of fused-ring (bicyclic) bond motifs is 3. The molecule has 1 saturated carbocycles. The molecule has 2 aliphatic rings. The Bertz CT molecular complexity index is 993. The van der Waals surface area contributed by atoms with E-state index >= 15 is 0 Å². The van der Waals surface area contributed by atoms with Crippen LogP contribution in [-0.2, 0) is 16.6 Å². The Morgan fingerprint density at radius 3 is 2.73 bits per heavy atom. The Hall–Kier alpha value is -2.40. The monoisotopic (exact) mass is 367 g/mol. The summed E-state index contributed by atoms with van der Waals surface area (Å²) in [5, 5.41) is 4.84. The quantitative estimate of drug-likeness (QED) is 0.508. The molecule has 2 aliphatic carbocycles. The van der Waals surface area contributed by atoms with E-state index in [9.17, 15) is 4.79 Å². The second-order valence-corrected chi connectivity index (χ2v) is 7.52. The Morgan fingerprint density at radius 1 is 1.19 bits per heavy atom. The van der Waals surface area contributed by atoms with Crippen molar-refractivity contribution in [2.24, 2.45) is 0 Å². The van der Waals surface area contributed by atoms with Crippen molar-refractivity contribution < 1.29 is 9.53 Å². The van der Waals surface area contributed by atoms with Gasteiger partial charge in [0, 0.05) is 18.1 Å². The summed E-state index contributed by atoms with van der Waals surface area (Å²) in [6, 6.07) is 11.0. The highest BCUT2D eigenvalue weighted by atomic mass is 35.5. The maximum Gasteiger partial charge on any atom is 0.338 e. The molecule has 5 rings (SSSR count). The van der Waals surface area contributed by atoms with Gasteiger partial charge < -0.3 is 4.74 Å². The topological polar surface area (TPSA) is 56.5 Å². The Labute approximate surface area is 156 Å². The maximum atomic E-state index is 12.7. The normalized spacial score (nSPS) is 20.6. The fourth-order valence-corrected chi connectivity index (χ4v) is 4.85. The zero-order valence-electron chi connectivity index (χ0n) is 14.2. The molecule has 6 heteroatoms. The third kappa shape index (κ3) is 2.20. The molecule has 1 aromatic carbocycles. The number of benzene rings is 1. The number of aromatic nitrogens is 3. The van der Waals surface area contributed by atoms with E-state index in [4.69, 9.17) is 21.3 Å². The average Bonchev–Trinajstić information content (AvgIpc) is 3.38. The first-order valence-electron chi connectivity index (χ1n) is 8.98. The van der Waals surface area contributed by atoms with E-state index in [1.807, 2.05) is 24.3 Å². The zero-order valence-corrected chi connectivity index (χ0v) is 14.9. The number of rotatable bonds is 2. The number of hydrogen-bond acceptors (Lipinski definition) is 4. The predicted octanol–water partition coefficient (Wildman–Crippen LogP) is 3.98. The van der Waals surface area contributed by atoms with Crippen LogP contribution in [0.1, 0.15) is 47.3 Å². The summed E-state index contributed by atoms with van der Waals surface area (Å²) in [6.07, 6.45) is 6.24. The Balaban J connectivity index is 1.57.